The molecule has 4 rings (SSSR count). The van der Waals surface area contributed by atoms with E-state index in [-0.39, 0.29) is 17.9 Å². The maximum atomic E-state index is 12.7. The van der Waals surface area contributed by atoms with Gasteiger partial charge in [-0.25, -0.2) is 4.63 Å². The third-order valence-corrected chi connectivity index (χ3v) is 5.84. The van der Waals surface area contributed by atoms with E-state index in [2.05, 4.69) is 16.4 Å². The Morgan fingerprint density at radius 1 is 1.18 bits per heavy atom. The molecule has 2 aliphatic heterocycles. The van der Waals surface area contributed by atoms with Crippen molar-refractivity contribution in [3.05, 3.63) is 34.6 Å². The van der Waals surface area contributed by atoms with Crippen molar-refractivity contribution in [3.63, 3.8) is 0 Å². The van der Waals surface area contributed by atoms with Crippen LogP contribution in [-0.4, -0.2) is 55.0 Å². The maximum absolute atomic E-state index is 12.7. The molecule has 1 spiro atoms. The number of carbonyl (C=O) groups is 1. The Labute approximate surface area is 163 Å². The lowest BCUT2D eigenvalue weighted by molar-refractivity contribution is -0.140. The van der Waals surface area contributed by atoms with Crippen LogP contribution in [0.5, 0.6) is 11.5 Å². The van der Waals surface area contributed by atoms with E-state index in [1.165, 1.54) is 5.56 Å². The lowest BCUT2D eigenvalue weighted by Gasteiger charge is -2.45. The maximum Gasteiger partial charge on any atom is 0.228 e. The van der Waals surface area contributed by atoms with Gasteiger partial charge in [0.15, 0.2) is 11.5 Å². The number of ether oxygens (including phenoxy) is 3. The van der Waals surface area contributed by atoms with Crippen molar-refractivity contribution >= 4 is 5.91 Å². The fourth-order valence-corrected chi connectivity index (χ4v) is 4.18. The van der Waals surface area contributed by atoms with E-state index in [0.717, 1.165) is 30.6 Å². The van der Waals surface area contributed by atoms with Gasteiger partial charge in [-0.2, -0.15) is 0 Å². The van der Waals surface area contributed by atoms with Crippen LogP contribution in [0.25, 0.3) is 0 Å². The predicted molar refractivity (Wildman–Crippen MR) is 99.4 cm³/mol. The number of methoxy groups -OCH3 is 2. The molecule has 28 heavy (non-hydrogen) atoms. The lowest BCUT2D eigenvalue weighted by atomic mass is 9.79. The van der Waals surface area contributed by atoms with E-state index >= 15 is 0 Å². The third-order valence-electron chi connectivity index (χ3n) is 5.84. The van der Waals surface area contributed by atoms with Gasteiger partial charge < -0.3 is 19.1 Å². The van der Waals surface area contributed by atoms with Gasteiger partial charge in [0.05, 0.1) is 32.8 Å². The molecule has 8 heteroatoms. The molecular weight excluding hydrogens is 362 g/mol. The second-order valence-electron chi connectivity index (χ2n) is 7.31. The number of likely N-dealkylation sites (tertiary alicyclic amines) is 1. The molecule has 150 valence electrons. The van der Waals surface area contributed by atoms with Crippen molar-refractivity contribution in [1.82, 2.24) is 15.2 Å². The summed E-state index contributed by atoms with van der Waals surface area (Å²) in [5.74, 6) is 1.48. The van der Waals surface area contributed by atoms with Crippen molar-refractivity contribution in [3.8, 4) is 11.5 Å². The highest BCUT2D eigenvalue weighted by Crippen LogP contribution is 2.45. The number of hydrogen-bond donors (Lipinski definition) is 0. The highest BCUT2D eigenvalue weighted by molar-refractivity contribution is 5.78. The molecule has 1 amide bonds. The van der Waals surface area contributed by atoms with E-state index in [9.17, 15) is 4.79 Å². The standard InChI is InChI=1S/C20H25N3O5/c1-13-16(22-28-21-13)12-19(24)23-7-5-20(6-8-23)15-11-18(26-3)17(25-2)10-14(15)4-9-27-20/h10-11H,4-9,12H2,1-3H3. The monoisotopic (exact) mass is 387 g/mol. The first-order chi connectivity index (χ1) is 13.6. The summed E-state index contributed by atoms with van der Waals surface area (Å²) < 4.78 is 21.9. The van der Waals surface area contributed by atoms with Crippen molar-refractivity contribution < 1.29 is 23.6 Å². The van der Waals surface area contributed by atoms with Gasteiger partial charge in [0.1, 0.15) is 11.4 Å². The van der Waals surface area contributed by atoms with Gasteiger partial charge in [0, 0.05) is 13.1 Å². The molecule has 0 aliphatic carbocycles. The second-order valence-corrected chi connectivity index (χ2v) is 7.31. The first-order valence-corrected chi connectivity index (χ1v) is 9.51. The normalized spacial score (nSPS) is 18.0. The molecule has 0 bridgehead atoms. The number of amides is 1. The van der Waals surface area contributed by atoms with Crippen molar-refractivity contribution in [2.24, 2.45) is 0 Å². The summed E-state index contributed by atoms with van der Waals surface area (Å²) in [6.07, 6.45) is 2.55. The fraction of sp³-hybridized carbons (Fsp3) is 0.550. The Hall–Kier alpha value is -2.61. The number of aryl methyl sites for hydroxylation is 1. The second kappa shape index (κ2) is 7.43. The number of rotatable bonds is 4. The zero-order valence-electron chi connectivity index (χ0n) is 16.5. The average Bonchev–Trinajstić information content (AvgIpc) is 3.12. The largest absolute Gasteiger partial charge is 0.493 e. The zero-order valence-corrected chi connectivity index (χ0v) is 16.5. The SMILES string of the molecule is COc1cc2c(cc1OC)C1(CCN(C(=O)Cc3nonc3C)CC1)OCC2. The highest BCUT2D eigenvalue weighted by Gasteiger charge is 2.42. The van der Waals surface area contributed by atoms with Crippen LogP contribution in [0.2, 0.25) is 0 Å². The molecule has 1 fully saturated rings. The van der Waals surface area contributed by atoms with Crippen LogP contribution in [-0.2, 0) is 28.0 Å². The molecule has 3 heterocycles. The minimum atomic E-state index is -0.380. The topological polar surface area (TPSA) is 86.9 Å². The molecule has 2 aromatic rings. The zero-order chi connectivity index (χ0) is 19.7. The average molecular weight is 387 g/mol. The summed E-state index contributed by atoms with van der Waals surface area (Å²) >= 11 is 0. The summed E-state index contributed by atoms with van der Waals surface area (Å²) in [7, 11) is 3.29. The molecule has 0 saturated carbocycles. The minimum absolute atomic E-state index is 0.0389. The molecule has 1 aromatic heterocycles. The van der Waals surface area contributed by atoms with Crippen LogP contribution in [0.15, 0.2) is 16.8 Å². The van der Waals surface area contributed by atoms with Crippen molar-refractivity contribution in [1.29, 1.82) is 0 Å². The summed E-state index contributed by atoms with van der Waals surface area (Å²) in [4.78, 5) is 14.5. The first kappa shape index (κ1) is 18.7. The fourth-order valence-electron chi connectivity index (χ4n) is 4.18. The van der Waals surface area contributed by atoms with Crippen LogP contribution >= 0.6 is 0 Å². The van der Waals surface area contributed by atoms with Crippen LogP contribution in [0, 0.1) is 6.92 Å². The number of aromatic nitrogens is 2. The number of piperidine rings is 1. The molecule has 1 aromatic carbocycles. The Balaban J connectivity index is 1.51. The van der Waals surface area contributed by atoms with Crippen LogP contribution in [0.4, 0.5) is 0 Å². The Morgan fingerprint density at radius 2 is 1.89 bits per heavy atom. The van der Waals surface area contributed by atoms with Crippen LogP contribution < -0.4 is 9.47 Å². The summed E-state index contributed by atoms with van der Waals surface area (Å²) in [5.41, 5.74) is 3.26. The first-order valence-electron chi connectivity index (χ1n) is 9.51. The molecule has 8 nitrogen and oxygen atoms in total. The van der Waals surface area contributed by atoms with Gasteiger partial charge in [0.25, 0.3) is 0 Å². The van der Waals surface area contributed by atoms with E-state index < -0.39 is 0 Å². The summed E-state index contributed by atoms with van der Waals surface area (Å²) in [6.45, 7) is 3.73. The van der Waals surface area contributed by atoms with Gasteiger partial charge in [-0.05, 0) is 49.4 Å². The van der Waals surface area contributed by atoms with E-state index in [1.54, 1.807) is 21.1 Å². The third kappa shape index (κ3) is 3.22. The molecule has 1 saturated heterocycles. The van der Waals surface area contributed by atoms with Gasteiger partial charge in [-0.3, -0.25) is 4.79 Å². The Morgan fingerprint density at radius 3 is 2.54 bits per heavy atom. The Bertz CT molecular complexity index is 871. The summed E-state index contributed by atoms with van der Waals surface area (Å²) in [5, 5.41) is 7.55. The summed E-state index contributed by atoms with van der Waals surface area (Å²) in [6, 6.07) is 4.09. The molecule has 0 atom stereocenters. The molecule has 0 unspecified atom stereocenters. The number of carbonyl (C=O) groups excluding carboxylic acids is 1. The molecule has 2 aliphatic rings. The number of benzene rings is 1. The number of hydrogen-bond acceptors (Lipinski definition) is 7. The highest BCUT2D eigenvalue weighted by atomic mass is 16.6. The van der Waals surface area contributed by atoms with E-state index in [0.29, 0.717) is 36.8 Å². The van der Waals surface area contributed by atoms with Gasteiger partial charge >= 0.3 is 0 Å². The number of nitrogens with zero attached hydrogens (tertiary/aromatic N) is 3. The molecular formula is C20H25N3O5. The van der Waals surface area contributed by atoms with Gasteiger partial charge in [-0.1, -0.05) is 10.3 Å². The lowest BCUT2D eigenvalue weighted by Crippen LogP contribution is -2.48. The van der Waals surface area contributed by atoms with E-state index in [4.69, 9.17) is 18.8 Å². The van der Waals surface area contributed by atoms with E-state index in [1.807, 2.05) is 11.0 Å². The number of fused-ring (bicyclic) bond motifs is 2. The van der Waals surface area contributed by atoms with Crippen molar-refractivity contribution in [2.45, 2.75) is 38.2 Å². The molecule has 0 radical (unpaired) electrons. The minimum Gasteiger partial charge on any atom is -0.493 e. The molecule has 0 N–H and O–H groups in total. The smallest absolute Gasteiger partial charge is 0.228 e. The van der Waals surface area contributed by atoms with Gasteiger partial charge in [-0.15, -0.1) is 0 Å². The van der Waals surface area contributed by atoms with Crippen LogP contribution in [0.1, 0.15) is 35.4 Å². The quantitative estimate of drug-likeness (QED) is 0.793. The van der Waals surface area contributed by atoms with Crippen LogP contribution in [0.3, 0.4) is 0 Å². The van der Waals surface area contributed by atoms with Crippen molar-refractivity contribution in [2.75, 3.05) is 33.9 Å². The Kier molecular flexibility index (Phi) is 4.97. The van der Waals surface area contributed by atoms with Gasteiger partial charge in [0.2, 0.25) is 5.91 Å². The predicted octanol–water partition coefficient (Wildman–Crippen LogP) is 2.03.